The maximum absolute atomic E-state index is 8.79. The molecule has 1 rings (SSSR count). The summed E-state index contributed by atoms with van der Waals surface area (Å²) in [6.07, 6.45) is 3.26. The molecule has 0 heterocycles. The molecule has 3 nitrogen and oxygen atoms in total. The molecule has 0 aromatic heterocycles. The zero-order chi connectivity index (χ0) is 11.1. The minimum absolute atomic E-state index is 0.203. The molecule has 0 amide bonds. The highest BCUT2D eigenvalue weighted by Gasteiger charge is 2.02. The highest BCUT2D eigenvalue weighted by molar-refractivity contribution is 5.44. The Morgan fingerprint density at radius 3 is 2.13 bits per heavy atom. The third-order valence-electron chi connectivity index (χ3n) is 2.44. The van der Waals surface area contributed by atoms with Crippen molar-refractivity contribution in [3.63, 3.8) is 0 Å². The predicted molar refractivity (Wildman–Crippen MR) is 61.7 cm³/mol. The van der Waals surface area contributed by atoms with E-state index >= 15 is 0 Å². The molecule has 0 aliphatic rings. The van der Waals surface area contributed by atoms with Crippen LogP contribution in [-0.2, 0) is 12.8 Å². The highest BCUT2D eigenvalue weighted by Crippen LogP contribution is 2.17. The van der Waals surface area contributed by atoms with Gasteiger partial charge in [-0.05, 0) is 48.9 Å². The van der Waals surface area contributed by atoms with E-state index in [2.05, 4.69) is 0 Å². The summed E-state index contributed by atoms with van der Waals surface area (Å²) in [6, 6.07) is 5.86. The van der Waals surface area contributed by atoms with Crippen LogP contribution in [0.25, 0.3) is 0 Å². The average Bonchev–Trinajstić information content (AvgIpc) is 2.25. The molecule has 0 atom stereocenters. The van der Waals surface area contributed by atoms with Gasteiger partial charge < -0.3 is 15.9 Å². The molecule has 3 heteroatoms. The van der Waals surface area contributed by atoms with Crippen molar-refractivity contribution in [3.8, 4) is 0 Å². The molecule has 0 fully saturated rings. The second-order valence-corrected chi connectivity index (χ2v) is 3.68. The molecule has 0 unspecified atom stereocenters. The summed E-state index contributed by atoms with van der Waals surface area (Å²) in [6.45, 7) is 0.415. The summed E-state index contributed by atoms with van der Waals surface area (Å²) in [4.78, 5) is 0. The van der Waals surface area contributed by atoms with Crippen molar-refractivity contribution in [2.75, 3.05) is 18.9 Å². The van der Waals surface area contributed by atoms with E-state index in [1.807, 2.05) is 18.2 Å². The number of aryl methyl sites for hydroxylation is 2. The normalized spacial score (nSPS) is 10.5. The zero-order valence-electron chi connectivity index (χ0n) is 8.95. The van der Waals surface area contributed by atoms with Gasteiger partial charge in [0.2, 0.25) is 0 Å². The van der Waals surface area contributed by atoms with Crippen molar-refractivity contribution in [3.05, 3.63) is 29.3 Å². The van der Waals surface area contributed by atoms with E-state index in [9.17, 15) is 0 Å². The second kappa shape index (κ2) is 6.43. The van der Waals surface area contributed by atoms with Crippen molar-refractivity contribution in [2.45, 2.75) is 25.7 Å². The molecule has 15 heavy (non-hydrogen) atoms. The van der Waals surface area contributed by atoms with Gasteiger partial charge in [0.25, 0.3) is 0 Å². The molecular weight excluding hydrogens is 190 g/mol. The van der Waals surface area contributed by atoms with E-state index in [0.717, 1.165) is 31.4 Å². The molecule has 0 radical (unpaired) electrons. The van der Waals surface area contributed by atoms with Gasteiger partial charge in [0.05, 0.1) is 0 Å². The molecule has 1 aromatic rings. The Bertz CT molecular complexity index is 300. The fourth-order valence-electron chi connectivity index (χ4n) is 1.66. The van der Waals surface area contributed by atoms with Gasteiger partial charge in [0.1, 0.15) is 0 Å². The fraction of sp³-hybridized carbons (Fsp3) is 0.500. The van der Waals surface area contributed by atoms with Crippen molar-refractivity contribution in [1.82, 2.24) is 0 Å². The maximum atomic E-state index is 8.79. The molecule has 0 aliphatic carbocycles. The summed E-state index contributed by atoms with van der Waals surface area (Å²) in [5, 5.41) is 17.6. The summed E-state index contributed by atoms with van der Waals surface area (Å²) < 4.78 is 0. The second-order valence-electron chi connectivity index (χ2n) is 3.68. The number of aliphatic hydroxyl groups is 2. The van der Waals surface area contributed by atoms with E-state index in [1.54, 1.807) is 0 Å². The third-order valence-corrected chi connectivity index (χ3v) is 2.44. The first-order valence-corrected chi connectivity index (χ1v) is 5.37. The third kappa shape index (κ3) is 3.90. The van der Waals surface area contributed by atoms with Crippen LogP contribution in [0.1, 0.15) is 24.0 Å². The minimum Gasteiger partial charge on any atom is -0.399 e. The van der Waals surface area contributed by atoms with Gasteiger partial charge in [-0.1, -0.05) is 6.07 Å². The van der Waals surface area contributed by atoms with Crippen molar-refractivity contribution >= 4 is 5.69 Å². The molecule has 0 spiro atoms. The number of benzene rings is 1. The molecule has 0 aliphatic heterocycles. The Morgan fingerprint density at radius 1 is 0.933 bits per heavy atom. The van der Waals surface area contributed by atoms with E-state index in [-0.39, 0.29) is 13.2 Å². The lowest BCUT2D eigenvalue weighted by Gasteiger charge is -2.09. The van der Waals surface area contributed by atoms with Gasteiger partial charge >= 0.3 is 0 Å². The molecule has 4 N–H and O–H groups in total. The number of aliphatic hydroxyl groups excluding tert-OH is 2. The molecule has 0 bridgehead atoms. The smallest absolute Gasteiger partial charge is 0.0434 e. The van der Waals surface area contributed by atoms with Gasteiger partial charge in [0.15, 0.2) is 0 Å². The van der Waals surface area contributed by atoms with Crippen molar-refractivity contribution < 1.29 is 10.2 Å². The van der Waals surface area contributed by atoms with E-state index in [1.165, 1.54) is 11.1 Å². The van der Waals surface area contributed by atoms with Crippen LogP contribution in [-0.4, -0.2) is 23.4 Å². The lowest BCUT2D eigenvalue weighted by Crippen LogP contribution is -1.99. The lowest BCUT2D eigenvalue weighted by molar-refractivity contribution is 0.286. The zero-order valence-corrected chi connectivity index (χ0v) is 8.95. The molecular formula is C12H19NO2. The number of nitrogen functional groups attached to an aromatic ring is 1. The molecule has 0 saturated heterocycles. The van der Waals surface area contributed by atoms with Gasteiger partial charge in [-0.2, -0.15) is 0 Å². The van der Waals surface area contributed by atoms with E-state index in [0.29, 0.717) is 0 Å². The lowest BCUT2D eigenvalue weighted by atomic mass is 9.99. The largest absolute Gasteiger partial charge is 0.399 e. The van der Waals surface area contributed by atoms with Crippen LogP contribution >= 0.6 is 0 Å². The van der Waals surface area contributed by atoms with Crippen molar-refractivity contribution in [1.29, 1.82) is 0 Å². The quantitative estimate of drug-likeness (QED) is 0.615. The summed E-state index contributed by atoms with van der Waals surface area (Å²) in [7, 11) is 0. The highest BCUT2D eigenvalue weighted by atomic mass is 16.3. The predicted octanol–water partition coefficient (Wildman–Crippen LogP) is 1.12. The van der Waals surface area contributed by atoms with Gasteiger partial charge in [-0.25, -0.2) is 0 Å². The van der Waals surface area contributed by atoms with Crippen LogP contribution in [0, 0.1) is 0 Å². The summed E-state index contributed by atoms with van der Waals surface area (Å²) in [5.74, 6) is 0. The van der Waals surface area contributed by atoms with E-state index in [4.69, 9.17) is 15.9 Å². The Morgan fingerprint density at radius 2 is 1.53 bits per heavy atom. The van der Waals surface area contributed by atoms with Gasteiger partial charge in [0, 0.05) is 18.9 Å². The number of hydrogen-bond donors (Lipinski definition) is 3. The SMILES string of the molecule is Nc1ccc(CCCO)c(CCCO)c1. The number of hydrogen-bond acceptors (Lipinski definition) is 3. The average molecular weight is 209 g/mol. The number of rotatable bonds is 6. The van der Waals surface area contributed by atoms with Crippen LogP contribution in [0.3, 0.4) is 0 Å². The van der Waals surface area contributed by atoms with E-state index < -0.39 is 0 Å². The first kappa shape index (κ1) is 12.0. The summed E-state index contributed by atoms with van der Waals surface area (Å²) in [5.41, 5.74) is 8.90. The summed E-state index contributed by atoms with van der Waals surface area (Å²) >= 11 is 0. The minimum atomic E-state index is 0.203. The Labute approximate surface area is 90.5 Å². The Hall–Kier alpha value is -1.06. The van der Waals surface area contributed by atoms with Crippen LogP contribution in [0.2, 0.25) is 0 Å². The van der Waals surface area contributed by atoms with Crippen molar-refractivity contribution in [2.24, 2.45) is 0 Å². The van der Waals surface area contributed by atoms with Crippen LogP contribution in [0.15, 0.2) is 18.2 Å². The first-order chi connectivity index (χ1) is 7.27. The van der Waals surface area contributed by atoms with Crippen LogP contribution < -0.4 is 5.73 Å². The van der Waals surface area contributed by atoms with Crippen LogP contribution in [0.4, 0.5) is 5.69 Å². The van der Waals surface area contributed by atoms with Gasteiger partial charge in [-0.15, -0.1) is 0 Å². The first-order valence-electron chi connectivity index (χ1n) is 5.37. The van der Waals surface area contributed by atoms with Gasteiger partial charge in [-0.3, -0.25) is 0 Å². The van der Waals surface area contributed by atoms with Crippen LogP contribution in [0.5, 0.6) is 0 Å². The standard InChI is InChI=1S/C12H19NO2/c13-12-6-5-10(3-1-7-14)11(9-12)4-2-8-15/h5-6,9,14-15H,1-4,7-8,13H2. The topological polar surface area (TPSA) is 66.5 Å². The monoisotopic (exact) mass is 209 g/mol. The number of anilines is 1. The number of nitrogens with two attached hydrogens (primary N) is 1. The molecule has 0 saturated carbocycles. The maximum Gasteiger partial charge on any atom is 0.0434 e. The fourth-order valence-corrected chi connectivity index (χ4v) is 1.66. The Kier molecular flexibility index (Phi) is 5.15. The molecule has 84 valence electrons. The Balaban J connectivity index is 2.73. The molecule has 1 aromatic carbocycles.